The number of nitrogens with one attached hydrogen (secondary N) is 1. The summed E-state index contributed by atoms with van der Waals surface area (Å²) in [7, 11) is 3.18. The van der Waals surface area contributed by atoms with Crippen molar-refractivity contribution in [3.05, 3.63) is 53.6 Å². The average molecular weight is 399 g/mol. The van der Waals surface area contributed by atoms with E-state index in [9.17, 15) is 4.79 Å². The zero-order valence-corrected chi connectivity index (χ0v) is 17.7. The Morgan fingerprint density at radius 3 is 2.34 bits per heavy atom. The topological polar surface area (TPSA) is 69.2 Å². The number of hydrogen-bond acceptors (Lipinski definition) is 5. The van der Waals surface area contributed by atoms with E-state index in [1.54, 1.807) is 51.5 Å². The van der Waals surface area contributed by atoms with Gasteiger partial charge >= 0.3 is 0 Å². The second-order valence-electron chi connectivity index (χ2n) is 6.64. The van der Waals surface area contributed by atoms with Gasteiger partial charge in [0.05, 0.1) is 26.5 Å². The molecule has 0 fully saturated rings. The molecular weight excluding hydrogens is 368 g/mol. The van der Waals surface area contributed by atoms with Crippen molar-refractivity contribution in [2.45, 2.75) is 39.5 Å². The number of hydrogen-bond donors (Lipinski definition) is 1. The van der Waals surface area contributed by atoms with Crippen molar-refractivity contribution < 1.29 is 19.0 Å². The number of benzene rings is 2. The summed E-state index contributed by atoms with van der Waals surface area (Å²) in [6.45, 7) is 4.68. The van der Waals surface area contributed by atoms with E-state index in [1.807, 2.05) is 12.1 Å². The number of methoxy groups -OCH3 is 2. The molecule has 0 heterocycles. The molecule has 2 aromatic rings. The highest BCUT2D eigenvalue weighted by Crippen LogP contribution is 2.25. The van der Waals surface area contributed by atoms with Crippen molar-refractivity contribution in [1.29, 1.82) is 0 Å². The van der Waals surface area contributed by atoms with Crippen LogP contribution in [0.15, 0.2) is 47.6 Å². The SMILES string of the molecule is CCCCCCOc1ccc(C(=O)N/N=C(\C)c2ccc(OC)cc2OC)cc1. The molecule has 0 aliphatic heterocycles. The average Bonchev–Trinajstić information content (AvgIpc) is 2.77. The molecule has 0 saturated carbocycles. The van der Waals surface area contributed by atoms with Crippen molar-refractivity contribution in [2.75, 3.05) is 20.8 Å². The van der Waals surface area contributed by atoms with Crippen molar-refractivity contribution in [3.8, 4) is 17.2 Å². The number of ether oxygens (including phenoxy) is 3. The van der Waals surface area contributed by atoms with Crippen LogP contribution in [0.2, 0.25) is 0 Å². The number of nitrogens with zero attached hydrogens (tertiary/aromatic N) is 1. The monoisotopic (exact) mass is 398 g/mol. The highest BCUT2D eigenvalue weighted by Gasteiger charge is 2.10. The van der Waals surface area contributed by atoms with E-state index in [2.05, 4.69) is 17.5 Å². The summed E-state index contributed by atoms with van der Waals surface area (Å²) in [4.78, 5) is 12.4. The molecule has 156 valence electrons. The van der Waals surface area contributed by atoms with Crippen LogP contribution in [0.4, 0.5) is 0 Å². The summed E-state index contributed by atoms with van der Waals surface area (Å²) in [5.74, 6) is 1.79. The maximum atomic E-state index is 12.4. The van der Waals surface area contributed by atoms with Gasteiger partial charge in [0, 0.05) is 17.2 Å². The Balaban J connectivity index is 1.94. The second-order valence-corrected chi connectivity index (χ2v) is 6.64. The summed E-state index contributed by atoms with van der Waals surface area (Å²) in [5.41, 5.74) is 4.51. The van der Waals surface area contributed by atoms with Gasteiger partial charge in [-0.1, -0.05) is 26.2 Å². The first-order chi connectivity index (χ1) is 14.1. The molecule has 0 aliphatic rings. The summed E-state index contributed by atoms with van der Waals surface area (Å²) >= 11 is 0. The number of amides is 1. The van der Waals surface area contributed by atoms with Crippen LogP contribution in [0.25, 0.3) is 0 Å². The Morgan fingerprint density at radius 1 is 0.966 bits per heavy atom. The molecule has 0 bridgehead atoms. The fraction of sp³-hybridized carbons (Fsp3) is 0.391. The third-order valence-corrected chi connectivity index (χ3v) is 4.51. The van der Waals surface area contributed by atoms with Gasteiger partial charge in [0.1, 0.15) is 17.2 Å². The molecule has 2 aromatic carbocycles. The van der Waals surface area contributed by atoms with Crippen molar-refractivity contribution >= 4 is 11.6 Å². The van der Waals surface area contributed by atoms with Gasteiger partial charge in [-0.3, -0.25) is 4.79 Å². The number of rotatable bonds is 11. The molecular formula is C23H30N2O4. The highest BCUT2D eigenvalue weighted by atomic mass is 16.5. The second kappa shape index (κ2) is 11.7. The first-order valence-electron chi connectivity index (χ1n) is 9.89. The van der Waals surface area contributed by atoms with Crippen LogP contribution in [0.5, 0.6) is 17.2 Å². The zero-order valence-electron chi connectivity index (χ0n) is 17.7. The van der Waals surface area contributed by atoms with E-state index in [1.165, 1.54) is 19.3 Å². The van der Waals surface area contributed by atoms with Crippen LogP contribution < -0.4 is 19.6 Å². The van der Waals surface area contributed by atoms with Gasteiger partial charge in [-0.05, 0) is 49.7 Å². The molecule has 1 N–H and O–H groups in total. The predicted octanol–water partition coefficient (Wildman–Crippen LogP) is 4.82. The molecule has 0 atom stereocenters. The van der Waals surface area contributed by atoms with Gasteiger partial charge in [0.2, 0.25) is 0 Å². The van der Waals surface area contributed by atoms with E-state index < -0.39 is 0 Å². The van der Waals surface area contributed by atoms with Crippen molar-refractivity contribution in [1.82, 2.24) is 5.43 Å². The van der Waals surface area contributed by atoms with Crippen LogP contribution in [0.3, 0.4) is 0 Å². The number of carbonyl (C=O) groups excluding carboxylic acids is 1. The van der Waals surface area contributed by atoms with E-state index in [-0.39, 0.29) is 5.91 Å². The molecule has 6 heteroatoms. The molecule has 1 amide bonds. The number of carbonyl (C=O) groups is 1. The maximum absolute atomic E-state index is 12.4. The molecule has 0 radical (unpaired) electrons. The fourth-order valence-electron chi connectivity index (χ4n) is 2.78. The minimum absolute atomic E-state index is 0.286. The van der Waals surface area contributed by atoms with Gasteiger partial charge in [-0.25, -0.2) is 5.43 Å². The lowest BCUT2D eigenvalue weighted by Gasteiger charge is -2.10. The Hall–Kier alpha value is -3.02. The van der Waals surface area contributed by atoms with Gasteiger partial charge in [0.15, 0.2) is 0 Å². The zero-order chi connectivity index (χ0) is 21.1. The molecule has 6 nitrogen and oxygen atoms in total. The Bertz CT molecular complexity index is 816. The normalized spacial score (nSPS) is 11.1. The largest absolute Gasteiger partial charge is 0.497 e. The Morgan fingerprint density at radius 2 is 1.69 bits per heavy atom. The molecule has 0 spiro atoms. The van der Waals surface area contributed by atoms with Gasteiger partial charge in [-0.15, -0.1) is 0 Å². The van der Waals surface area contributed by atoms with Crippen molar-refractivity contribution in [2.24, 2.45) is 5.10 Å². The molecule has 0 aliphatic carbocycles. The van der Waals surface area contributed by atoms with Gasteiger partial charge < -0.3 is 14.2 Å². The smallest absolute Gasteiger partial charge is 0.271 e. The number of hydrazone groups is 1. The molecule has 0 unspecified atom stereocenters. The van der Waals surface area contributed by atoms with Crippen LogP contribution in [0, 0.1) is 0 Å². The maximum Gasteiger partial charge on any atom is 0.271 e. The van der Waals surface area contributed by atoms with Crippen molar-refractivity contribution in [3.63, 3.8) is 0 Å². The van der Waals surface area contributed by atoms with Crippen LogP contribution in [0.1, 0.15) is 55.5 Å². The molecule has 29 heavy (non-hydrogen) atoms. The first kappa shape index (κ1) is 22.3. The predicted molar refractivity (Wildman–Crippen MR) is 115 cm³/mol. The lowest BCUT2D eigenvalue weighted by atomic mass is 10.1. The minimum Gasteiger partial charge on any atom is -0.497 e. The lowest BCUT2D eigenvalue weighted by Crippen LogP contribution is -2.19. The Kier molecular flexibility index (Phi) is 9.02. The van der Waals surface area contributed by atoms with Crippen LogP contribution in [-0.2, 0) is 0 Å². The Labute approximate surface area is 172 Å². The van der Waals surface area contributed by atoms with E-state index in [4.69, 9.17) is 14.2 Å². The summed E-state index contributed by atoms with van der Waals surface area (Å²) < 4.78 is 16.3. The summed E-state index contributed by atoms with van der Waals surface area (Å²) in [6.07, 6.45) is 4.65. The van der Waals surface area contributed by atoms with Gasteiger partial charge in [-0.2, -0.15) is 5.10 Å². The lowest BCUT2D eigenvalue weighted by molar-refractivity contribution is 0.0955. The van der Waals surface area contributed by atoms with E-state index in [0.717, 1.165) is 17.7 Å². The fourth-order valence-corrected chi connectivity index (χ4v) is 2.78. The van der Waals surface area contributed by atoms with Crippen LogP contribution in [-0.4, -0.2) is 32.4 Å². The highest BCUT2D eigenvalue weighted by molar-refractivity contribution is 6.02. The molecule has 2 rings (SSSR count). The summed E-state index contributed by atoms with van der Waals surface area (Å²) in [6, 6.07) is 12.5. The van der Waals surface area contributed by atoms with E-state index >= 15 is 0 Å². The minimum atomic E-state index is -0.286. The van der Waals surface area contributed by atoms with Crippen LogP contribution >= 0.6 is 0 Å². The molecule has 0 aromatic heterocycles. The first-order valence-corrected chi connectivity index (χ1v) is 9.89. The number of unbranched alkanes of at least 4 members (excludes halogenated alkanes) is 3. The third-order valence-electron chi connectivity index (χ3n) is 4.51. The molecule has 0 saturated heterocycles. The van der Waals surface area contributed by atoms with E-state index in [0.29, 0.717) is 29.4 Å². The third kappa shape index (κ3) is 6.82. The van der Waals surface area contributed by atoms with Gasteiger partial charge in [0.25, 0.3) is 5.91 Å². The quantitative estimate of drug-likeness (QED) is 0.335. The standard InChI is InChI=1S/C23H30N2O4/c1-5-6-7-8-15-29-19-11-9-18(10-12-19)23(26)25-24-17(2)21-14-13-20(27-3)16-22(21)28-4/h9-14,16H,5-8,15H2,1-4H3,(H,25,26)/b24-17+. The summed E-state index contributed by atoms with van der Waals surface area (Å²) in [5, 5.41) is 4.20.